The van der Waals surface area contributed by atoms with Gasteiger partial charge in [0.15, 0.2) is 25.2 Å². The van der Waals surface area contributed by atoms with E-state index in [0.717, 1.165) is 6.92 Å². The Morgan fingerprint density at radius 2 is 1.15 bits per heavy atom. The smallest absolute Gasteiger partial charge is 0.364 e. The number of carboxylic acid groups (broad SMARTS) is 1. The molecule has 1 unspecified atom stereocenters. The molecule has 378 valence electrons. The lowest BCUT2D eigenvalue weighted by Crippen LogP contribution is -2.70. The van der Waals surface area contributed by atoms with Gasteiger partial charge in [-0.25, -0.2) is 4.79 Å². The van der Waals surface area contributed by atoms with Crippen molar-refractivity contribution in [2.24, 2.45) is 0 Å². The highest BCUT2D eigenvalue weighted by Crippen LogP contribution is 2.37. The van der Waals surface area contributed by atoms with Crippen LogP contribution in [0.5, 0.6) is 0 Å². The van der Waals surface area contributed by atoms with Gasteiger partial charge in [-0.1, -0.05) is 0 Å². The predicted octanol–water partition coefficient (Wildman–Crippen LogP) is -12.6. The molecule has 0 bridgehead atoms. The van der Waals surface area contributed by atoms with E-state index in [9.17, 15) is 102 Å². The highest BCUT2D eigenvalue weighted by Gasteiger charge is 2.58. The summed E-state index contributed by atoms with van der Waals surface area (Å²) in [5.74, 6) is -5.78. The quantitative estimate of drug-likeness (QED) is 0.0643. The zero-order valence-electron chi connectivity index (χ0n) is 34.2. The average Bonchev–Trinajstić information content (AvgIpc) is 3.27. The summed E-state index contributed by atoms with van der Waals surface area (Å²) < 4.78 is 49.8. The summed E-state index contributed by atoms with van der Waals surface area (Å²) in [5, 5.41) is 190. The van der Waals surface area contributed by atoms with Gasteiger partial charge >= 0.3 is 5.97 Å². The van der Waals surface area contributed by atoms with Gasteiger partial charge in [-0.2, -0.15) is 0 Å². The molecule has 30 nitrogen and oxygen atoms in total. The van der Waals surface area contributed by atoms with E-state index >= 15 is 0 Å². The van der Waals surface area contributed by atoms with Crippen LogP contribution in [0.3, 0.4) is 0 Å². The SMILES string of the molecule is CC(=O)N[C@H]1[C@H](O[C@H]2[C@@H](O)[C@@H](CO)O[C@@H](O[C@H]3[C@H](O)[C@@H](O)C(O)O[C@@H]3CO)[C@@H]2O)O[C@H](CO)[C@@H](O[C@@H]2O[C@H](CO[C@]3(C(=O)O)C[C@H](O)[C@@H](O)[C@H]([C@H](O)[C@H](O)CO)O3)[C@H](O)[C@H](O)[C@H]2O)[C@@H]1O. The van der Waals surface area contributed by atoms with Crippen molar-refractivity contribution in [3.8, 4) is 0 Å². The molecular weight excluding hydrogens is 898 g/mol. The molecule has 30 heteroatoms. The van der Waals surface area contributed by atoms with Crippen LogP contribution in [-0.2, 0) is 52.2 Å². The number of amides is 1. The molecule has 5 saturated heterocycles. The molecule has 0 radical (unpaired) electrons. The number of carbonyl (C=O) groups is 2. The highest BCUT2D eigenvalue weighted by molar-refractivity contribution is 5.76. The van der Waals surface area contributed by atoms with Crippen molar-refractivity contribution in [3.05, 3.63) is 0 Å². The molecule has 0 aliphatic carbocycles. The summed E-state index contributed by atoms with van der Waals surface area (Å²) in [4.78, 5) is 24.9. The second-order valence-corrected chi connectivity index (χ2v) is 16.1. The van der Waals surface area contributed by atoms with Gasteiger partial charge in [-0.3, -0.25) is 4.79 Å². The fraction of sp³-hybridized carbons (Fsp3) is 0.943. The van der Waals surface area contributed by atoms with Crippen LogP contribution < -0.4 is 5.32 Å². The number of carboxylic acids is 1. The molecule has 5 aliphatic heterocycles. The third-order valence-corrected chi connectivity index (χ3v) is 11.7. The van der Waals surface area contributed by atoms with E-state index in [0.29, 0.717) is 0 Å². The first kappa shape index (κ1) is 53.8. The third kappa shape index (κ3) is 11.3. The summed E-state index contributed by atoms with van der Waals surface area (Å²) in [6.45, 7) is -4.11. The Hall–Kier alpha value is -2.10. The van der Waals surface area contributed by atoms with E-state index in [1.807, 2.05) is 0 Å². The van der Waals surface area contributed by atoms with E-state index in [4.69, 9.17) is 42.6 Å². The lowest BCUT2D eigenvalue weighted by molar-refractivity contribution is -0.382. The predicted molar refractivity (Wildman–Crippen MR) is 195 cm³/mol. The van der Waals surface area contributed by atoms with Crippen LogP contribution in [0.1, 0.15) is 13.3 Å². The number of nitrogens with one attached hydrogen (secondary N) is 1. The maximum absolute atomic E-state index is 12.5. The van der Waals surface area contributed by atoms with Crippen molar-refractivity contribution in [3.63, 3.8) is 0 Å². The third-order valence-electron chi connectivity index (χ3n) is 11.7. The zero-order valence-corrected chi connectivity index (χ0v) is 34.2. The molecule has 5 rings (SSSR count). The van der Waals surface area contributed by atoms with E-state index in [1.165, 1.54) is 0 Å². The molecular formula is C35H59NO29. The number of hydrogen-bond acceptors (Lipinski definition) is 28. The van der Waals surface area contributed by atoms with Gasteiger partial charge in [0.1, 0.15) is 122 Å². The van der Waals surface area contributed by atoms with Gasteiger partial charge < -0.3 is 140 Å². The number of aliphatic hydroxyl groups excluding tert-OH is 17. The number of hydrogen-bond donors (Lipinski definition) is 19. The standard InChI is InChI=1S/C35H59NO29/c1-8(41)36-15-20(48)26(13(6-40)60-31(15)64-28-19(47)11(4-38)59-33(25(28)53)63-27-12(5-39)58-30(54)23(51)22(27)50)62-32-24(52)21(49)18(46)14(61-32)7-57-35(34(55)56)2-9(42)16(44)29(65-35)17(45)10(43)3-37/h9-33,37-40,42-54H,2-7H2,1H3,(H,36,41)(H,55,56)/t9-,10+,11+,12+,13+,14+,15+,16+,17+,18-,19-,20+,21-,22+,23+,24+,25+,26+,27+,28-,29+,30?,31-,32-,33-,35+/m0/s1. The first-order valence-electron chi connectivity index (χ1n) is 20.2. The van der Waals surface area contributed by atoms with E-state index < -0.39 is 210 Å². The number of rotatable bonds is 17. The van der Waals surface area contributed by atoms with Crippen molar-refractivity contribution >= 4 is 11.9 Å². The molecule has 65 heavy (non-hydrogen) atoms. The molecule has 0 saturated carbocycles. The fourth-order valence-electron chi connectivity index (χ4n) is 7.99. The number of aliphatic carboxylic acids is 1. The van der Waals surface area contributed by atoms with Crippen LogP contribution in [0.4, 0.5) is 0 Å². The van der Waals surface area contributed by atoms with Gasteiger partial charge in [-0.05, 0) is 0 Å². The number of aliphatic hydroxyl groups is 17. The van der Waals surface area contributed by atoms with Crippen molar-refractivity contribution in [2.75, 3.05) is 33.0 Å². The Bertz CT molecular complexity index is 1540. The monoisotopic (exact) mass is 957 g/mol. The normalized spacial score (nSPS) is 48.3. The van der Waals surface area contributed by atoms with Crippen molar-refractivity contribution in [1.29, 1.82) is 0 Å². The van der Waals surface area contributed by atoms with Crippen molar-refractivity contribution in [2.45, 2.75) is 172 Å². The van der Waals surface area contributed by atoms with Crippen LogP contribution in [0, 0.1) is 0 Å². The first-order valence-corrected chi connectivity index (χ1v) is 20.2. The molecule has 26 atom stereocenters. The molecule has 0 aromatic carbocycles. The van der Waals surface area contributed by atoms with E-state index in [-0.39, 0.29) is 0 Å². The lowest BCUT2D eigenvalue weighted by atomic mass is 9.90. The minimum absolute atomic E-state index is 0.864. The first-order chi connectivity index (χ1) is 30.5. The molecule has 5 fully saturated rings. The summed E-state index contributed by atoms with van der Waals surface area (Å²) in [6.07, 6.45) is -48.2. The minimum atomic E-state index is -2.95. The zero-order chi connectivity index (χ0) is 48.4. The summed E-state index contributed by atoms with van der Waals surface area (Å²) >= 11 is 0. The largest absolute Gasteiger partial charge is 0.477 e. The van der Waals surface area contributed by atoms with E-state index in [1.54, 1.807) is 0 Å². The average molecular weight is 958 g/mol. The van der Waals surface area contributed by atoms with Gasteiger partial charge in [0.2, 0.25) is 5.91 Å². The topological polar surface area (TPSA) is 493 Å². The fourth-order valence-corrected chi connectivity index (χ4v) is 7.99. The highest BCUT2D eigenvalue weighted by atomic mass is 16.8. The number of carbonyl (C=O) groups excluding carboxylic acids is 1. The van der Waals surface area contributed by atoms with Crippen LogP contribution >= 0.6 is 0 Å². The maximum atomic E-state index is 12.5. The Balaban J connectivity index is 1.34. The second kappa shape index (κ2) is 22.5. The van der Waals surface area contributed by atoms with Crippen LogP contribution in [-0.4, -0.2) is 296 Å². The molecule has 0 aromatic rings. The van der Waals surface area contributed by atoms with Crippen LogP contribution in [0.25, 0.3) is 0 Å². The molecule has 5 aliphatic rings. The molecule has 0 spiro atoms. The van der Waals surface area contributed by atoms with Crippen LogP contribution in [0.2, 0.25) is 0 Å². The maximum Gasteiger partial charge on any atom is 0.364 e. The Labute approximate surface area is 366 Å². The number of ether oxygens (including phenoxy) is 9. The Morgan fingerprint density at radius 3 is 1.72 bits per heavy atom. The minimum Gasteiger partial charge on any atom is -0.477 e. The molecule has 0 aromatic heterocycles. The van der Waals surface area contributed by atoms with E-state index in [2.05, 4.69) is 5.32 Å². The molecule has 1 amide bonds. The van der Waals surface area contributed by atoms with Crippen LogP contribution in [0.15, 0.2) is 0 Å². The Kier molecular flexibility index (Phi) is 18.7. The van der Waals surface area contributed by atoms with Gasteiger partial charge in [-0.15, -0.1) is 0 Å². The summed E-state index contributed by atoms with van der Waals surface area (Å²) in [6, 6.07) is -1.79. The molecule has 5 heterocycles. The van der Waals surface area contributed by atoms with Gasteiger partial charge in [0.05, 0.1) is 39.1 Å². The molecule has 19 N–H and O–H groups in total. The Morgan fingerprint density at radius 1 is 0.615 bits per heavy atom. The lowest BCUT2D eigenvalue weighted by Gasteiger charge is -2.50. The van der Waals surface area contributed by atoms with Crippen molar-refractivity contribution in [1.82, 2.24) is 5.32 Å². The van der Waals surface area contributed by atoms with Crippen molar-refractivity contribution < 1.29 is 144 Å². The second-order valence-electron chi connectivity index (χ2n) is 16.1. The van der Waals surface area contributed by atoms with Gasteiger partial charge in [0, 0.05) is 13.3 Å². The summed E-state index contributed by atoms with van der Waals surface area (Å²) in [5.41, 5.74) is 0. The summed E-state index contributed by atoms with van der Waals surface area (Å²) in [7, 11) is 0. The van der Waals surface area contributed by atoms with Gasteiger partial charge in [0.25, 0.3) is 5.79 Å².